The third kappa shape index (κ3) is 4.49. The predicted octanol–water partition coefficient (Wildman–Crippen LogP) is 5.65. The fourth-order valence-corrected chi connectivity index (χ4v) is 4.85. The average Bonchev–Trinajstić information content (AvgIpc) is 2.71. The van der Waals surface area contributed by atoms with Crippen LogP contribution in [0.25, 0.3) is 0 Å². The number of allylic oxidation sites excluding steroid dienone is 3. The molecule has 1 aliphatic heterocycles. The maximum absolute atomic E-state index is 14.0. The topological polar surface area (TPSA) is 71.1 Å². The molecule has 0 saturated carbocycles. The van der Waals surface area contributed by atoms with Gasteiger partial charge in [0.25, 0.3) is 5.91 Å². The molecule has 0 spiro atoms. The third-order valence-electron chi connectivity index (χ3n) is 6.19. The van der Waals surface area contributed by atoms with Gasteiger partial charge in [-0.15, -0.1) is 0 Å². The number of ketones is 1. The van der Waals surface area contributed by atoms with Crippen LogP contribution in [0.15, 0.2) is 65.0 Å². The van der Waals surface area contributed by atoms with E-state index in [1.807, 2.05) is 13.8 Å². The fourth-order valence-electron chi connectivity index (χ4n) is 4.85. The van der Waals surface area contributed by atoms with Crippen LogP contribution < -0.4 is 10.6 Å². The fraction of sp³-hybridized carbons (Fsp3) is 0.346. The van der Waals surface area contributed by atoms with E-state index in [0.717, 1.165) is 6.07 Å². The largest absolute Gasteiger partial charge is 0.416 e. The van der Waals surface area contributed by atoms with Crippen molar-refractivity contribution in [3.05, 3.63) is 81.8 Å². The molecule has 8 heteroatoms. The highest BCUT2D eigenvalue weighted by molar-refractivity contribution is 6.09. The van der Waals surface area contributed by atoms with Crippen molar-refractivity contribution in [2.24, 2.45) is 5.41 Å². The van der Waals surface area contributed by atoms with Gasteiger partial charge < -0.3 is 10.6 Å². The Bertz CT molecular complexity index is 1240. The number of aryl methyl sites for hydroxylation is 1. The first-order valence-corrected chi connectivity index (χ1v) is 11.0. The standard InChI is InChI=1S/C26H26F3N3O2/c1-14-8-7-11-20(30-14)32-24(34)21-15(2)31-18-12-25(3,4)13-19(33)23(18)22(21)16-9-5-6-10-17(16)26(27,28)29/h5-11,22,31H,12-13H2,1-4H3,(H,30,32,34)/t22-/m1/s1. The molecule has 34 heavy (non-hydrogen) atoms. The van der Waals surface area contributed by atoms with Gasteiger partial charge in [-0.25, -0.2) is 4.98 Å². The molecule has 0 bridgehead atoms. The molecule has 1 aromatic heterocycles. The zero-order chi connectivity index (χ0) is 24.8. The highest BCUT2D eigenvalue weighted by Crippen LogP contribution is 2.49. The Kier molecular flexibility index (Phi) is 5.87. The van der Waals surface area contributed by atoms with Crippen molar-refractivity contribution in [2.75, 3.05) is 5.32 Å². The van der Waals surface area contributed by atoms with Gasteiger partial charge in [-0.1, -0.05) is 38.1 Å². The van der Waals surface area contributed by atoms with Crippen LogP contribution in [0.2, 0.25) is 0 Å². The molecule has 2 heterocycles. The zero-order valence-electron chi connectivity index (χ0n) is 19.4. The molecule has 0 fully saturated rings. The van der Waals surface area contributed by atoms with Crippen molar-refractivity contribution in [1.82, 2.24) is 10.3 Å². The van der Waals surface area contributed by atoms with Gasteiger partial charge in [0.15, 0.2) is 5.78 Å². The van der Waals surface area contributed by atoms with Gasteiger partial charge in [0.1, 0.15) is 5.82 Å². The van der Waals surface area contributed by atoms with E-state index in [-0.39, 0.29) is 40.1 Å². The molecule has 0 saturated heterocycles. The smallest absolute Gasteiger partial charge is 0.362 e. The van der Waals surface area contributed by atoms with Gasteiger partial charge in [-0.3, -0.25) is 9.59 Å². The number of aromatic nitrogens is 1. The molecule has 178 valence electrons. The molecular weight excluding hydrogens is 443 g/mol. The molecule has 5 nitrogen and oxygen atoms in total. The number of dihydropyridines is 1. The molecule has 2 aliphatic rings. The lowest BCUT2D eigenvalue weighted by molar-refractivity contribution is -0.138. The molecular formula is C26H26F3N3O2. The maximum Gasteiger partial charge on any atom is 0.416 e. The van der Waals surface area contributed by atoms with Crippen LogP contribution in [0.3, 0.4) is 0 Å². The predicted molar refractivity (Wildman–Crippen MR) is 123 cm³/mol. The monoisotopic (exact) mass is 469 g/mol. The molecule has 1 atom stereocenters. The first-order valence-electron chi connectivity index (χ1n) is 11.0. The van der Waals surface area contributed by atoms with Crippen LogP contribution in [0.5, 0.6) is 0 Å². The number of hydrogen-bond acceptors (Lipinski definition) is 4. The van der Waals surface area contributed by atoms with Crippen LogP contribution in [0, 0.1) is 12.3 Å². The average molecular weight is 470 g/mol. The van der Waals surface area contributed by atoms with Gasteiger partial charge >= 0.3 is 6.18 Å². The number of carbonyl (C=O) groups excluding carboxylic acids is 2. The zero-order valence-corrected chi connectivity index (χ0v) is 19.4. The van der Waals surface area contributed by atoms with E-state index < -0.39 is 23.6 Å². The van der Waals surface area contributed by atoms with E-state index in [2.05, 4.69) is 15.6 Å². The molecule has 2 N–H and O–H groups in total. The van der Waals surface area contributed by atoms with E-state index in [9.17, 15) is 22.8 Å². The summed E-state index contributed by atoms with van der Waals surface area (Å²) in [4.78, 5) is 31.1. The van der Waals surface area contributed by atoms with Gasteiger partial charge in [0.2, 0.25) is 0 Å². The van der Waals surface area contributed by atoms with Crippen molar-refractivity contribution in [2.45, 2.75) is 52.6 Å². The number of amides is 1. The number of Topliss-reactive ketones (excluding diaryl/α,β-unsaturated/α-hetero) is 1. The van der Waals surface area contributed by atoms with Crippen LogP contribution >= 0.6 is 0 Å². The number of nitrogens with zero attached hydrogens (tertiary/aromatic N) is 1. The second-order valence-corrected chi connectivity index (χ2v) is 9.63. The number of rotatable bonds is 3. The number of alkyl halides is 3. The minimum atomic E-state index is -4.65. The van der Waals surface area contributed by atoms with Crippen molar-refractivity contribution >= 4 is 17.5 Å². The number of pyridine rings is 1. The SMILES string of the molecule is CC1=C(C(=O)Nc2cccc(C)n2)[C@@H](c2ccccc2C(F)(F)F)C2=C(CC(C)(C)CC2=O)N1. The number of carbonyl (C=O) groups is 2. The molecule has 2 aromatic rings. The second-order valence-electron chi connectivity index (χ2n) is 9.63. The first kappa shape index (κ1) is 23.7. The van der Waals surface area contributed by atoms with Crippen LogP contribution in [-0.4, -0.2) is 16.7 Å². The van der Waals surface area contributed by atoms with Crippen molar-refractivity contribution < 1.29 is 22.8 Å². The Morgan fingerprint density at radius 1 is 1.09 bits per heavy atom. The summed E-state index contributed by atoms with van der Waals surface area (Å²) in [6.45, 7) is 7.31. The van der Waals surface area contributed by atoms with Crippen LogP contribution in [0.4, 0.5) is 19.0 Å². The van der Waals surface area contributed by atoms with E-state index in [0.29, 0.717) is 23.5 Å². The summed E-state index contributed by atoms with van der Waals surface area (Å²) in [6, 6.07) is 10.2. The Hall–Kier alpha value is -3.42. The second kappa shape index (κ2) is 8.42. The molecule has 1 amide bonds. The lowest BCUT2D eigenvalue weighted by atomic mass is 9.68. The molecule has 4 rings (SSSR count). The van der Waals surface area contributed by atoms with Crippen LogP contribution in [-0.2, 0) is 15.8 Å². The number of anilines is 1. The number of halogens is 3. The summed E-state index contributed by atoms with van der Waals surface area (Å²) >= 11 is 0. The van der Waals surface area contributed by atoms with Gasteiger partial charge in [0.05, 0.1) is 5.56 Å². The van der Waals surface area contributed by atoms with Crippen molar-refractivity contribution in [3.63, 3.8) is 0 Å². The van der Waals surface area contributed by atoms with Gasteiger partial charge in [-0.2, -0.15) is 13.2 Å². The molecule has 1 aliphatic carbocycles. The summed E-state index contributed by atoms with van der Waals surface area (Å²) < 4.78 is 42.1. The molecule has 0 radical (unpaired) electrons. The Morgan fingerprint density at radius 2 is 1.79 bits per heavy atom. The number of benzene rings is 1. The van der Waals surface area contributed by atoms with Crippen molar-refractivity contribution in [1.29, 1.82) is 0 Å². The highest BCUT2D eigenvalue weighted by Gasteiger charge is 2.45. The van der Waals surface area contributed by atoms with E-state index in [1.54, 1.807) is 32.0 Å². The summed E-state index contributed by atoms with van der Waals surface area (Å²) in [7, 11) is 0. The Morgan fingerprint density at radius 3 is 2.47 bits per heavy atom. The van der Waals surface area contributed by atoms with Crippen LogP contribution in [0.1, 0.15) is 56.4 Å². The van der Waals surface area contributed by atoms with Gasteiger partial charge in [0, 0.05) is 40.6 Å². The summed E-state index contributed by atoms with van der Waals surface area (Å²) in [5.41, 5.74) is 0.650. The quantitative estimate of drug-likeness (QED) is 0.609. The molecule has 0 unspecified atom stereocenters. The van der Waals surface area contributed by atoms with Crippen molar-refractivity contribution in [3.8, 4) is 0 Å². The highest BCUT2D eigenvalue weighted by atomic mass is 19.4. The third-order valence-corrected chi connectivity index (χ3v) is 6.19. The van der Waals surface area contributed by atoms with E-state index in [1.165, 1.54) is 18.2 Å². The minimum absolute atomic E-state index is 0.0758. The summed E-state index contributed by atoms with van der Waals surface area (Å²) in [5.74, 6) is -1.73. The number of hydrogen-bond donors (Lipinski definition) is 2. The maximum atomic E-state index is 14.0. The lowest BCUT2D eigenvalue weighted by Crippen LogP contribution is -2.39. The van der Waals surface area contributed by atoms with E-state index in [4.69, 9.17) is 0 Å². The van der Waals surface area contributed by atoms with Gasteiger partial charge in [-0.05, 0) is 49.4 Å². The number of nitrogens with one attached hydrogen (secondary N) is 2. The normalized spacial score (nSPS) is 20.1. The van der Waals surface area contributed by atoms with E-state index >= 15 is 0 Å². The first-order chi connectivity index (χ1) is 15.9. The Balaban J connectivity index is 1.89. The Labute approximate surface area is 196 Å². The minimum Gasteiger partial charge on any atom is -0.362 e. The molecule has 1 aromatic carbocycles. The summed E-state index contributed by atoms with van der Waals surface area (Å²) in [6.07, 6.45) is -3.97. The summed E-state index contributed by atoms with van der Waals surface area (Å²) in [5, 5.41) is 5.87. The lowest BCUT2D eigenvalue weighted by Gasteiger charge is -2.40.